The lowest BCUT2D eigenvalue weighted by molar-refractivity contribution is -0.0771. The van der Waals surface area contributed by atoms with Crippen molar-refractivity contribution in [3.8, 4) is 6.07 Å². The Labute approximate surface area is 325 Å². The first-order valence-electron chi connectivity index (χ1n) is 20.2. The fourth-order valence-electron chi connectivity index (χ4n) is 6.84. The number of nitrogens with zero attached hydrogens (tertiary/aromatic N) is 4. The molecule has 0 aliphatic carbocycles. The Morgan fingerprint density at radius 3 is 2.31 bits per heavy atom. The minimum absolute atomic E-state index is 0.0639. The fraction of sp³-hybridized carbons (Fsp3) is 0.675. The van der Waals surface area contributed by atoms with Gasteiger partial charge in [0.2, 0.25) is 0 Å². The molecule has 1 aromatic carbocycles. The predicted octanol–water partition coefficient (Wildman–Crippen LogP) is 8.83. The zero-order valence-corrected chi connectivity index (χ0v) is 33.4. The van der Waals surface area contributed by atoms with Crippen LogP contribution in [-0.4, -0.2) is 57.7 Å². The second-order valence-electron chi connectivity index (χ2n) is 14.7. The Balaban J connectivity index is 1.14. The van der Waals surface area contributed by atoms with Crippen molar-refractivity contribution in [2.75, 3.05) is 32.2 Å². The summed E-state index contributed by atoms with van der Waals surface area (Å²) in [5.74, 6) is -0.233. The number of fused-ring (bicyclic) bond motifs is 1. The molecule has 0 amide bonds. The molecule has 1 aliphatic rings. The third-order valence-electron chi connectivity index (χ3n) is 9.96. The molecular formula is C40H62FN6O7P. The van der Waals surface area contributed by atoms with Gasteiger partial charge in [-0.05, 0) is 55.2 Å². The second-order valence-corrected chi connectivity index (χ2v) is 16.2. The van der Waals surface area contributed by atoms with E-state index in [1.165, 1.54) is 102 Å². The second kappa shape index (κ2) is 23.9. The molecule has 0 radical (unpaired) electrons. The minimum Gasteiger partial charge on any atom is -0.382 e. The van der Waals surface area contributed by atoms with E-state index in [1.807, 2.05) is 12.1 Å². The molecule has 5 N–H and O–H groups in total. The van der Waals surface area contributed by atoms with Crippen molar-refractivity contribution < 1.29 is 37.1 Å². The third-order valence-corrected chi connectivity index (χ3v) is 10.9. The molecule has 0 bridgehead atoms. The molecule has 0 spiro atoms. The van der Waals surface area contributed by atoms with Crippen molar-refractivity contribution in [2.24, 2.45) is 5.73 Å². The van der Waals surface area contributed by atoms with Gasteiger partial charge in [-0.2, -0.15) is 10.4 Å². The Kier molecular flexibility index (Phi) is 19.5. The number of phosphoric acid groups is 1. The van der Waals surface area contributed by atoms with Crippen LogP contribution in [0.4, 0.5) is 10.2 Å². The molecule has 1 unspecified atom stereocenters. The van der Waals surface area contributed by atoms with Gasteiger partial charge in [0.15, 0.2) is 5.82 Å². The monoisotopic (exact) mass is 788 g/mol. The average Bonchev–Trinajstić information content (AvgIpc) is 3.79. The van der Waals surface area contributed by atoms with E-state index >= 15 is 0 Å². The molecule has 55 heavy (non-hydrogen) atoms. The molecule has 1 saturated heterocycles. The summed E-state index contributed by atoms with van der Waals surface area (Å²) in [7, 11) is -4.60. The highest BCUT2D eigenvalue weighted by molar-refractivity contribution is 7.47. The number of rotatable bonds is 29. The van der Waals surface area contributed by atoms with Crippen LogP contribution in [0, 0.1) is 17.1 Å². The van der Waals surface area contributed by atoms with Crippen molar-refractivity contribution in [2.45, 2.75) is 147 Å². The number of aromatic nitrogens is 3. The van der Waals surface area contributed by atoms with E-state index in [-0.39, 0.29) is 25.4 Å². The topological polar surface area (TPSA) is 189 Å². The molecule has 13 nitrogen and oxygen atoms in total. The first-order valence-corrected chi connectivity index (χ1v) is 21.7. The molecule has 3 aromatic rings. The third kappa shape index (κ3) is 16.2. The van der Waals surface area contributed by atoms with Gasteiger partial charge in [0.25, 0.3) is 0 Å². The first-order chi connectivity index (χ1) is 26.6. The highest BCUT2D eigenvalue weighted by Gasteiger charge is 2.41. The van der Waals surface area contributed by atoms with Gasteiger partial charge in [-0.1, -0.05) is 103 Å². The molecular weight excluding hydrogens is 726 g/mol. The van der Waals surface area contributed by atoms with Crippen LogP contribution in [0.15, 0.2) is 36.7 Å². The largest absolute Gasteiger partial charge is 0.472 e. The number of nitriles is 1. The Morgan fingerprint density at radius 1 is 1.00 bits per heavy atom. The number of hydrogen-bond donors (Lipinski definition) is 3. The van der Waals surface area contributed by atoms with Crippen LogP contribution in [0.5, 0.6) is 0 Å². The van der Waals surface area contributed by atoms with Crippen LogP contribution >= 0.6 is 7.82 Å². The van der Waals surface area contributed by atoms with Crippen LogP contribution in [0.2, 0.25) is 0 Å². The molecule has 2 aromatic heterocycles. The van der Waals surface area contributed by atoms with Crippen LogP contribution in [-0.2, 0) is 34.4 Å². The summed E-state index contributed by atoms with van der Waals surface area (Å²) in [6, 6.07) is 9.46. The Bertz CT molecular complexity index is 1660. The standard InChI is InChI=1S/C40H62FN6O7P/c1-2-3-4-5-6-7-8-9-10-11-12-13-14-15-16-17-22-50-28-35(51-27-33-23-32(26-42)24-34(41)25-33)29-52-55(48,49)53-30-40(44)21-20-38(54-40)36-18-19-37-39(43)45-31-46-47(36)37/h18-19,23-25,31,35,38H,2-17,20-22,27-30,44H2,1H3,(H,48,49)(H2,43,45,46)/t35-,38+,40-/m0/s1. The zero-order chi connectivity index (χ0) is 39.4. The first kappa shape index (κ1) is 44.7. The van der Waals surface area contributed by atoms with Gasteiger partial charge >= 0.3 is 7.82 Å². The van der Waals surface area contributed by atoms with Gasteiger partial charge in [0, 0.05) is 6.61 Å². The van der Waals surface area contributed by atoms with E-state index in [2.05, 4.69) is 17.0 Å². The van der Waals surface area contributed by atoms with Crippen molar-refractivity contribution in [3.05, 3.63) is 59.3 Å². The van der Waals surface area contributed by atoms with E-state index < -0.39 is 38.2 Å². The maximum atomic E-state index is 14.0. The lowest BCUT2D eigenvalue weighted by atomic mass is 10.0. The highest BCUT2D eigenvalue weighted by atomic mass is 31.2. The van der Waals surface area contributed by atoms with Gasteiger partial charge in [-0.15, -0.1) is 0 Å². The number of halogens is 1. The van der Waals surface area contributed by atoms with Crippen LogP contribution < -0.4 is 11.5 Å². The van der Waals surface area contributed by atoms with Crippen molar-refractivity contribution in [3.63, 3.8) is 0 Å². The molecule has 306 valence electrons. The van der Waals surface area contributed by atoms with Crippen molar-refractivity contribution >= 4 is 19.2 Å². The quantitative estimate of drug-likeness (QED) is 0.0448. The number of benzene rings is 1. The van der Waals surface area contributed by atoms with Gasteiger partial charge < -0.3 is 30.6 Å². The van der Waals surface area contributed by atoms with Crippen molar-refractivity contribution in [1.29, 1.82) is 5.26 Å². The molecule has 1 aliphatic heterocycles. The van der Waals surface area contributed by atoms with E-state index in [4.69, 9.17) is 34.7 Å². The number of anilines is 1. The number of nitrogens with two attached hydrogens (primary N) is 2. The number of phosphoric ester groups is 1. The smallest absolute Gasteiger partial charge is 0.382 e. The van der Waals surface area contributed by atoms with E-state index in [0.717, 1.165) is 31.0 Å². The average molecular weight is 789 g/mol. The van der Waals surface area contributed by atoms with E-state index in [1.54, 1.807) is 10.6 Å². The summed E-state index contributed by atoms with van der Waals surface area (Å²) in [5, 5.41) is 13.5. The van der Waals surface area contributed by atoms with Crippen molar-refractivity contribution in [1.82, 2.24) is 14.6 Å². The molecule has 15 heteroatoms. The van der Waals surface area contributed by atoms with Gasteiger partial charge in [-0.3, -0.25) is 9.05 Å². The molecule has 4 rings (SSSR count). The summed E-state index contributed by atoms with van der Waals surface area (Å²) in [4.78, 5) is 14.6. The SMILES string of the molecule is CCCCCCCCCCCCCCCCCCOC[C@@H](COP(=O)(O)OC[C@]1(N)CC[C@H](c2ccc3c(N)ncnn23)O1)OCc1cc(F)cc(C#N)c1. The fourth-order valence-corrected chi connectivity index (χ4v) is 7.65. The lowest BCUT2D eigenvalue weighted by Gasteiger charge is -2.26. The summed E-state index contributed by atoms with van der Waals surface area (Å²) >= 11 is 0. The Hall–Kier alpha value is -2.99. The number of hydrogen-bond acceptors (Lipinski definition) is 11. The molecule has 4 atom stereocenters. The summed E-state index contributed by atoms with van der Waals surface area (Å²) in [6.45, 7) is 2.02. The highest BCUT2D eigenvalue weighted by Crippen LogP contribution is 2.46. The molecule has 0 saturated carbocycles. The van der Waals surface area contributed by atoms with Gasteiger partial charge in [0.1, 0.15) is 42.2 Å². The number of ether oxygens (including phenoxy) is 3. The summed E-state index contributed by atoms with van der Waals surface area (Å²) in [5.41, 5.74) is 13.0. The van der Waals surface area contributed by atoms with Crippen LogP contribution in [0.1, 0.15) is 145 Å². The summed E-state index contributed by atoms with van der Waals surface area (Å²) in [6.07, 6.45) is 21.5. The summed E-state index contributed by atoms with van der Waals surface area (Å²) < 4.78 is 57.1. The van der Waals surface area contributed by atoms with E-state index in [0.29, 0.717) is 36.3 Å². The maximum Gasteiger partial charge on any atom is 0.472 e. The minimum atomic E-state index is -4.60. The van der Waals surface area contributed by atoms with Crippen LogP contribution in [0.3, 0.4) is 0 Å². The van der Waals surface area contributed by atoms with Gasteiger partial charge in [0.05, 0.1) is 37.1 Å². The molecule has 1 fully saturated rings. The number of nitrogen functional groups attached to an aromatic ring is 1. The van der Waals surface area contributed by atoms with Gasteiger partial charge in [-0.25, -0.2) is 18.5 Å². The van der Waals surface area contributed by atoms with E-state index in [9.17, 15) is 19.1 Å². The normalized spacial score (nSPS) is 18.8. The predicted molar refractivity (Wildman–Crippen MR) is 209 cm³/mol. The Morgan fingerprint density at radius 2 is 1.65 bits per heavy atom. The number of unbranched alkanes of at least 4 members (excludes halogenated alkanes) is 15. The maximum absolute atomic E-state index is 14.0. The van der Waals surface area contributed by atoms with Crippen LogP contribution in [0.25, 0.3) is 5.52 Å². The zero-order valence-electron chi connectivity index (χ0n) is 32.5. The molecule has 3 heterocycles. The lowest BCUT2D eigenvalue weighted by Crippen LogP contribution is -2.43.